The van der Waals surface area contributed by atoms with E-state index in [4.69, 9.17) is 0 Å². The number of benzene rings is 2. The van der Waals surface area contributed by atoms with Gasteiger partial charge < -0.3 is 5.32 Å². The summed E-state index contributed by atoms with van der Waals surface area (Å²) in [5.41, 5.74) is 3.97. The zero-order valence-electron chi connectivity index (χ0n) is 16.3. The first kappa shape index (κ1) is 19.0. The quantitative estimate of drug-likeness (QED) is 0.318. The Labute approximate surface area is 172 Å². The number of non-ortho nitro benzene ring substituents is 1. The monoisotopic (exact) mass is 404 g/mol. The molecule has 29 heavy (non-hydrogen) atoms. The van der Waals surface area contributed by atoms with Crippen LogP contribution in [0.3, 0.4) is 0 Å². The van der Waals surface area contributed by atoms with Crippen LogP contribution in [0.4, 0.5) is 17.2 Å². The van der Waals surface area contributed by atoms with Gasteiger partial charge in [-0.2, -0.15) is 0 Å². The molecule has 2 heterocycles. The van der Waals surface area contributed by atoms with E-state index in [2.05, 4.69) is 48.2 Å². The van der Waals surface area contributed by atoms with E-state index in [0.717, 1.165) is 27.0 Å². The van der Waals surface area contributed by atoms with Gasteiger partial charge in [-0.1, -0.05) is 45.0 Å². The van der Waals surface area contributed by atoms with Crippen LogP contribution < -0.4 is 5.32 Å². The molecule has 2 aromatic heterocycles. The van der Waals surface area contributed by atoms with Crippen molar-refractivity contribution in [3.63, 3.8) is 0 Å². The Hall–Kier alpha value is -3.32. The van der Waals surface area contributed by atoms with E-state index in [1.807, 2.05) is 23.6 Å². The van der Waals surface area contributed by atoms with Gasteiger partial charge in [0.25, 0.3) is 5.69 Å². The Morgan fingerprint density at radius 1 is 1.07 bits per heavy atom. The maximum absolute atomic E-state index is 11.2. The number of hydrogen-bond acceptors (Lipinski definition) is 6. The molecule has 0 spiro atoms. The molecule has 4 rings (SSSR count). The molecule has 0 atom stereocenters. The highest BCUT2D eigenvalue weighted by Gasteiger charge is 2.16. The second-order valence-corrected chi connectivity index (χ2v) is 8.67. The van der Waals surface area contributed by atoms with Crippen LogP contribution >= 0.6 is 11.3 Å². The van der Waals surface area contributed by atoms with E-state index in [-0.39, 0.29) is 16.0 Å². The number of thiophene rings is 1. The van der Waals surface area contributed by atoms with Gasteiger partial charge in [-0.05, 0) is 28.7 Å². The lowest BCUT2D eigenvalue weighted by Crippen LogP contribution is -2.10. The first-order chi connectivity index (χ1) is 13.8. The average molecular weight is 404 g/mol. The van der Waals surface area contributed by atoms with E-state index >= 15 is 0 Å². The molecule has 1 N–H and O–H groups in total. The Bertz CT molecular complexity index is 1190. The van der Waals surface area contributed by atoms with Crippen LogP contribution in [0.1, 0.15) is 26.3 Å². The van der Waals surface area contributed by atoms with Crippen molar-refractivity contribution in [2.45, 2.75) is 26.2 Å². The summed E-state index contributed by atoms with van der Waals surface area (Å²) in [7, 11) is 0. The van der Waals surface area contributed by atoms with Gasteiger partial charge in [0.15, 0.2) is 0 Å². The van der Waals surface area contributed by atoms with Gasteiger partial charge in [-0.3, -0.25) is 10.1 Å². The van der Waals surface area contributed by atoms with Crippen molar-refractivity contribution in [1.82, 2.24) is 9.97 Å². The Kier molecular flexibility index (Phi) is 4.76. The van der Waals surface area contributed by atoms with E-state index in [0.29, 0.717) is 5.82 Å². The van der Waals surface area contributed by atoms with Gasteiger partial charge >= 0.3 is 0 Å². The Morgan fingerprint density at radius 3 is 2.52 bits per heavy atom. The summed E-state index contributed by atoms with van der Waals surface area (Å²) in [5.74, 6) is 0.682. The topological polar surface area (TPSA) is 81.0 Å². The fourth-order valence-corrected chi connectivity index (χ4v) is 4.08. The SMILES string of the molecule is CC(C)(C)c1ccc(Nc2ncnc3scc(-c4cccc([N+](=O)[O-])c4)c23)cc1. The normalized spacial score (nSPS) is 11.6. The van der Waals surface area contributed by atoms with Crippen LogP contribution in [0.25, 0.3) is 21.3 Å². The third-order valence-electron chi connectivity index (χ3n) is 4.75. The molecule has 0 radical (unpaired) electrons. The third-order valence-corrected chi connectivity index (χ3v) is 5.64. The molecule has 0 amide bonds. The van der Waals surface area contributed by atoms with E-state index < -0.39 is 0 Å². The molecular formula is C22H20N4O2S. The number of nitrogens with one attached hydrogen (secondary N) is 1. The largest absolute Gasteiger partial charge is 0.340 e. The summed E-state index contributed by atoms with van der Waals surface area (Å²) >= 11 is 1.49. The molecular weight excluding hydrogens is 384 g/mol. The molecule has 0 fully saturated rings. The number of rotatable bonds is 4. The minimum atomic E-state index is -0.384. The van der Waals surface area contributed by atoms with Crippen LogP contribution in [0.5, 0.6) is 0 Å². The van der Waals surface area contributed by atoms with Crippen molar-refractivity contribution in [2.75, 3.05) is 5.32 Å². The second kappa shape index (κ2) is 7.25. The van der Waals surface area contributed by atoms with Crippen molar-refractivity contribution in [3.8, 4) is 11.1 Å². The van der Waals surface area contributed by atoms with Crippen molar-refractivity contribution in [3.05, 3.63) is 75.9 Å². The van der Waals surface area contributed by atoms with E-state index in [9.17, 15) is 10.1 Å². The molecule has 7 heteroatoms. The van der Waals surface area contributed by atoms with Gasteiger partial charge in [-0.15, -0.1) is 11.3 Å². The first-order valence-electron chi connectivity index (χ1n) is 9.17. The lowest BCUT2D eigenvalue weighted by molar-refractivity contribution is -0.384. The molecule has 4 aromatic rings. The minimum absolute atomic E-state index is 0.0611. The highest BCUT2D eigenvalue weighted by Crippen LogP contribution is 2.38. The number of aromatic nitrogens is 2. The van der Waals surface area contributed by atoms with Crippen LogP contribution in [0.15, 0.2) is 60.2 Å². The lowest BCUT2D eigenvalue weighted by atomic mass is 9.87. The van der Waals surface area contributed by atoms with E-state index in [1.54, 1.807) is 12.1 Å². The van der Waals surface area contributed by atoms with E-state index in [1.165, 1.54) is 29.3 Å². The van der Waals surface area contributed by atoms with Crippen LogP contribution in [-0.2, 0) is 5.41 Å². The second-order valence-electron chi connectivity index (χ2n) is 7.81. The summed E-state index contributed by atoms with van der Waals surface area (Å²) in [6.45, 7) is 6.54. The number of fused-ring (bicyclic) bond motifs is 1. The van der Waals surface area contributed by atoms with Gasteiger partial charge in [0.1, 0.15) is 17.0 Å². The number of nitro benzene ring substituents is 1. The van der Waals surface area contributed by atoms with Gasteiger partial charge in [-0.25, -0.2) is 9.97 Å². The lowest BCUT2D eigenvalue weighted by Gasteiger charge is -2.19. The molecule has 2 aromatic carbocycles. The molecule has 6 nitrogen and oxygen atoms in total. The zero-order valence-corrected chi connectivity index (χ0v) is 17.2. The van der Waals surface area contributed by atoms with Crippen LogP contribution in [-0.4, -0.2) is 14.9 Å². The standard InChI is InChI=1S/C22H20N4O2S/c1-22(2,3)15-7-9-16(10-8-15)25-20-19-18(12-29-21(19)24-13-23-20)14-5-4-6-17(11-14)26(27)28/h4-13H,1-3H3,(H,23,24,25). The molecule has 0 saturated carbocycles. The first-order valence-corrected chi connectivity index (χ1v) is 10.1. The summed E-state index contributed by atoms with van der Waals surface area (Å²) in [5, 5.41) is 17.4. The van der Waals surface area contributed by atoms with Crippen molar-refractivity contribution in [2.24, 2.45) is 0 Å². The number of anilines is 2. The predicted molar refractivity (Wildman–Crippen MR) is 118 cm³/mol. The van der Waals surface area contributed by atoms with Gasteiger partial charge in [0, 0.05) is 28.8 Å². The Balaban J connectivity index is 1.76. The molecule has 0 aliphatic rings. The number of nitro groups is 1. The fourth-order valence-electron chi connectivity index (χ4n) is 3.16. The summed E-state index contributed by atoms with van der Waals surface area (Å²) in [4.78, 5) is 20.4. The van der Waals surface area contributed by atoms with Crippen molar-refractivity contribution in [1.29, 1.82) is 0 Å². The molecule has 0 unspecified atom stereocenters. The minimum Gasteiger partial charge on any atom is -0.340 e. The fraction of sp³-hybridized carbons (Fsp3) is 0.182. The maximum atomic E-state index is 11.2. The van der Waals surface area contributed by atoms with Crippen LogP contribution in [0.2, 0.25) is 0 Å². The van der Waals surface area contributed by atoms with Gasteiger partial charge in [0.05, 0.1) is 10.3 Å². The summed E-state index contributed by atoms with van der Waals surface area (Å²) in [6, 6.07) is 14.9. The molecule has 0 saturated heterocycles. The molecule has 0 bridgehead atoms. The zero-order chi connectivity index (χ0) is 20.6. The predicted octanol–water partition coefficient (Wildman–Crippen LogP) is 6.31. The van der Waals surface area contributed by atoms with Gasteiger partial charge in [0.2, 0.25) is 0 Å². The maximum Gasteiger partial charge on any atom is 0.270 e. The summed E-state index contributed by atoms with van der Waals surface area (Å²) < 4.78 is 0. The Morgan fingerprint density at radius 2 is 1.83 bits per heavy atom. The summed E-state index contributed by atoms with van der Waals surface area (Å²) in [6.07, 6.45) is 1.53. The highest BCUT2D eigenvalue weighted by atomic mass is 32.1. The number of hydrogen-bond donors (Lipinski definition) is 1. The molecule has 0 aliphatic heterocycles. The molecule has 0 aliphatic carbocycles. The smallest absolute Gasteiger partial charge is 0.270 e. The van der Waals surface area contributed by atoms with Crippen LogP contribution in [0, 0.1) is 10.1 Å². The number of nitrogens with zero attached hydrogens (tertiary/aromatic N) is 3. The van der Waals surface area contributed by atoms with Crippen molar-refractivity contribution < 1.29 is 4.92 Å². The third kappa shape index (κ3) is 3.82. The van der Waals surface area contributed by atoms with Crippen molar-refractivity contribution >= 4 is 38.7 Å². The average Bonchev–Trinajstić information content (AvgIpc) is 3.13. The molecule has 146 valence electrons. The highest BCUT2D eigenvalue weighted by molar-refractivity contribution is 7.17.